The van der Waals surface area contributed by atoms with Crippen molar-refractivity contribution in [2.24, 2.45) is 0 Å². The van der Waals surface area contributed by atoms with E-state index >= 15 is 0 Å². The molecule has 1 rings (SSSR count). The molecule has 0 bridgehead atoms. The largest absolute Gasteiger partial charge is 0.355 e. The quantitative estimate of drug-likeness (QED) is 0.605. The van der Waals surface area contributed by atoms with Crippen molar-refractivity contribution in [2.75, 3.05) is 19.6 Å². The first-order chi connectivity index (χ1) is 7.20. The molecule has 2 amide bonds. The van der Waals surface area contributed by atoms with E-state index in [-0.39, 0.29) is 30.3 Å². The standard InChI is InChI=1S/C10H19N3O2.ClH/c1-8(14)11-6-7-13-10(15)9-4-2-3-5-12-9;/h9,12H,2-7H2,1H3,(H,11,14)(H,13,15);1H. The summed E-state index contributed by atoms with van der Waals surface area (Å²) in [4.78, 5) is 22.1. The van der Waals surface area contributed by atoms with E-state index in [1.165, 1.54) is 6.92 Å². The Morgan fingerprint density at radius 2 is 1.94 bits per heavy atom. The van der Waals surface area contributed by atoms with Crippen LogP contribution in [0.25, 0.3) is 0 Å². The SMILES string of the molecule is CC(=O)NCCNC(=O)C1CCCCN1.Cl. The van der Waals surface area contributed by atoms with Crippen LogP contribution < -0.4 is 16.0 Å². The first kappa shape index (κ1) is 15.2. The molecule has 0 aliphatic carbocycles. The third-order valence-corrected chi connectivity index (χ3v) is 2.42. The summed E-state index contributed by atoms with van der Waals surface area (Å²) in [6, 6.07) is -0.0453. The summed E-state index contributed by atoms with van der Waals surface area (Å²) in [5.41, 5.74) is 0. The monoisotopic (exact) mass is 249 g/mol. The van der Waals surface area contributed by atoms with Crippen LogP contribution in [0.5, 0.6) is 0 Å². The second-order valence-corrected chi connectivity index (χ2v) is 3.78. The van der Waals surface area contributed by atoms with Crippen LogP contribution in [0.1, 0.15) is 26.2 Å². The van der Waals surface area contributed by atoms with Crippen molar-refractivity contribution in [3.63, 3.8) is 0 Å². The van der Waals surface area contributed by atoms with Gasteiger partial charge < -0.3 is 16.0 Å². The predicted octanol–water partition coefficient (Wildman–Crippen LogP) is -0.197. The van der Waals surface area contributed by atoms with Crippen LogP contribution in [0.15, 0.2) is 0 Å². The molecule has 94 valence electrons. The van der Waals surface area contributed by atoms with Crippen molar-refractivity contribution in [2.45, 2.75) is 32.2 Å². The molecule has 1 unspecified atom stereocenters. The van der Waals surface area contributed by atoms with Gasteiger partial charge in [-0.25, -0.2) is 0 Å². The number of hydrogen-bond acceptors (Lipinski definition) is 3. The third kappa shape index (κ3) is 5.92. The lowest BCUT2D eigenvalue weighted by molar-refractivity contribution is -0.124. The van der Waals surface area contributed by atoms with Crippen molar-refractivity contribution < 1.29 is 9.59 Å². The van der Waals surface area contributed by atoms with E-state index < -0.39 is 0 Å². The molecule has 6 heteroatoms. The zero-order valence-electron chi connectivity index (χ0n) is 9.54. The fourth-order valence-electron chi connectivity index (χ4n) is 1.62. The van der Waals surface area contributed by atoms with Gasteiger partial charge in [0.15, 0.2) is 0 Å². The van der Waals surface area contributed by atoms with E-state index in [0.717, 1.165) is 25.8 Å². The van der Waals surface area contributed by atoms with E-state index in [4.69, 9.17) is 0 Å². The first-order valence-electron chi connectivity index (χ1n) is 5.45. The Bertz CT molecular complexity index is 230. The molecule has 1 aliphatic heterocycles. The molecule has 3 N–H and O–H groups in total. The Morgan fingerprint density at radius 3 is 2.50 bits per heavy atom. The van der Waals surface area contributed by atoms with Crippen LogP contribution in [0, 0.1) is 0 Å². The third-order valence-electron chi connectivity index (χ3n) is 2.42. The number of amides is 2. The second kappa shape index (κ2) is 8.35. The fourth-order valence-corrected chi connectivity index (χ4v) is 1.62. The highest BCUT2D eigenvalue weighted by molar-refractivity contribution is 5.85. The molecule has 0 aromatic carbocycles. The molecule has 0 saturated carbocycles. The molecule has 0 radical (unpaired) electrons. The number of carbonyl (C=O) groups is 2. The Balaban J connectivity index is 0.00000225. The molecule has 0 spiro atoms. The maximum Gasteiger partial charge on any atom is 0.237 e. The molecule has 1 saturated heterocycles. The first-order valence-corrected chi connectivity index (χ1v) is 5.45. The van der Waals surface area contributed by atoms with Gasteiger partial charge in [0.05, 0.1) is 6.04 Å². The van der Waals surface area contributed by atoms with Crippen molar-refractivity contribution in [3.05, 3.63) is 0 Å². The maximum atomic E-state index is 11.6. The van der Waals surface area contributed by atoms with Gasteiger partial charge >= 0.3 is 0 Å². The molecular formula is C10H20ClN3O2. The highest BCUT2D eigenvalue weighted by atomic mass is 35.5. The average molecular weight is 250 g/mol. The Kier molecular flexibility index (Phi) is 7.93. The Labute approximate surface area is 102 Å². The van der Waals surface area contributed by atoms with Crippen molar-refractivity contribution in [1.29, 1.82) is 0 Å². The average Bonchev–Trinajstić information content (AvgIpc) is 2.25. The topological polar surface area (TPSA) is 70.2 Å². The van der Waals surface area contributed by atoms with E-state index in [0.29, 0.717) is 13.1 Å². The normalized spacial score (nSPS) is 19.4. The van der Waals surface area contributed by atoms with E-state index in [1.807, 2.05) is 0 Å². The maximum absolute atomic E-state index is 11.6. The lowest BCUT2D eigenvalue weighted by atomic mass is 10.0. The zero-order valence-corrected chi connectivity index (χ0v) is 10.4. The van der Waals surface area contributed by atoms with Gasteiger partial charge in [-0.05, 0) is 19.4 Å². The van der Waals surface area contributed by atoms with Crippen LogP contribution in [0.4, 0.5) is 0 Å². The number of hydrogen-bond donors (Lipinski definition) is 3. The minimum atomic E-state index is -0.0694. The van der Waals surface area contributed by atoms with Gasteiger partial charge in [0.2, 0.25) is 11.8 Å². The van der Waals surface area contributed by atoms with Crippen LogP contribution in [0.3, 0.4) is 0 Å². The van der Waals surface area contributed by atoms with E-state index in [1.54, 1.807) is 0 Å². The molecular weight excluding hydrogens is 230 g/mol. The van der Waals surface area contributed by atoms with Crippen LogP contribution in [0.2, 0.25) is 0 Å². The lowest BCUT2D eigenvalue weighted by Gasteiger charge is -2.22. The summed E-state index contributed by atoms with van der Waals surface area (Å²) in [6.07, 6.45) is 3.17. The molecule has 0 aromatic heterocycles. The minimum Gasteiger partial charge on any atom is -0.355 e. The predicted molar refractivity (Wildman–Crippen MR) is 64.6 cm³/mol. The highest BCUT2D eigenvalue weighted by Crippen LogP contribution is 2.06. The number of halogens is 1. The smallest absolute Gasteiger partial charge is 0.237 e. The number of nitrogens with one attached hydrogen (secondary N) is 3. The molecule has 5 nitrogen and oxygen atoms in total. The molecule has 1 fully saturated rings. The summed E-state index contributed by atoms with van der Waals surface area (Å²) in [6.45, 7) is 3.37. The molecule has 1 heterocycles. The van der Waals surface area contributed by atoms with Crippen LogP contribution in [-0.2, 0) is 9.59 Å². The van der Waals surface area contributed by atoms with Gasteiger partial charge in [-0.1, -0.05) is 6.42 Å². The van der Waals surface area contributed by atoms with Crippen LogP contribution >= 0.6 is 12.4 Å². The molecule has 1 aliphatic rings. The second-order valence-electron chi connectivity index (χ2n) is 3.78. The number of carbonyl (C=O) groups excluding carboxylic acids is 2. The zero-order chi connectivity index (χ0) is 11.1. The Morgan fingerprint density at radius 1 is 1.25 bits per heavy atom. The summed E-state index contributed by atoms with van der Waals surface area (Å²) in [7, 11) is 0. The van der Waals surface area contributed by atoms with Crippen molar-refractivity contribution >= 4 is 24.2 Å². The number of piperidine rings is 1. The molecule has 0 aromatic rings. The molecule has 16 heavy (non-hydrogen) atoms. The fraction of sp³-hybridized carbons (Fsp3) is 0.800. The Hall–Kier alpha value is -0.810. The summed E-state index contributed by atoms with van der Waals surface area (Å²) in [5.74, 6) is -0.0277. The summed E-state index contributed by atoms with van der Waals surface area (Å²) < 4.78 is 0. The lowest BCUT2D eigenvalue weighted by Crippen LogP contribution is -2.48. The summed E-state index contributed by atoms with van der Waals surface area (Å²) >= 11 is 0. The van der Waals surface area contributed by atoms with Gasteiger partial charge in [0.25, 0.3) is 0 Å². The van der Waals surface area contributed by atoms with E-state index in [9.17, 15) is 9.59 Å². The van der Waals surface area contributed by atoms with Crippen LogP contribution in [-0.4, -0.2) is 37.5 Å². The summed E-state index contributed by atoms with van der Waals surface area (Å²) in [5, 5.41) is 8.59. The van der Waals surface area contributed by atoms with Gasteiger partial charge in [-0.3, -0.25) is 9.59 Å². The van der Waals surface area contributed by atoms with Gasteiger partial charge in [0.1, 0.15) is 0 Å². The van der Waals surface area contributed by atoms with Crippen molar-refractivity contribution in [3.8, 4) is 0 Å². The molecule has 1 atom stereocenters. The van der Waals surface area contributed by atoms with Crippen molar-refractivity contribution in [1.82, 2.24) is 16.0 Å². The van der Waals surface area contributed by atoms with E-state index in [2.05, 4.69) is 16.0 Å². The van der Waals surface area contributed by atoms with Gasteiger partial charge in [0, 0.05) is 20.0 Å². The highest BCUT2D eigenvalue weighted by Gasteiger charge is 2.19. The number of rotatable bonds is 4. The van der Waals surface area contributed by atoms with Gasteiger partial charge in [-0.15, -0.1) is 12.4 Å². The minimum absolute atomic E-state index is 0. The van der Waals surface area contributed by atoms with Gasteiger partial charge in [-0.2, -0.15) is 0 Å².